The molecule has 0 bridgehead atoms. The highest BCUT2D eigenvalue weighted by Gasteiger charge is 2.08. The highest BCUT2D eigenvalue weighted by atomic mass is 32.2. The summed E-state index contributed by atoms with van der Waals surface area (Å²) in [6, 6.07) is 4.78. The second-order valence-corrected chi connectivity index (χ2v) is 5.31. The first-order chi connectivity index (χ1) is 8.52. The quantitative estimate of drug-likeness (QED) is 0.778. The molecule has 0 spiro atoms. The largest absolute Gasteiger partial charge is 0.353 e. The third-order valence-corrected chi connectivity index (χ3v) is 3.31. The second kappa shape index (κ2) is 7.38. The number of hydrogen-bond donors (Lipinski definition) is 2. The van der Waals surface area contributed by atoms with Crippen LogP contribution in [0.25, 0.3) is 0 Å². The maximum atomic E-state index is 13.1. The fourth-order valence-electron chi connectivity index (χ4n) is 1.52. The molecule has 0 fully saturated rings. The number of hydrogen-bond acceptors (Lipinski definition) is 3. The Bertz CT molecular complexity index is 410. The van der Waals surface area contributed by atoms with Crippen molar-refractivity contribution in [2.75, 3.05) is 12.8 Å². The number of nitrogens with one attached hydrogen (secondary N) is 2. The predicted octanol–water partition coefficient (Wildman–Crippen LogP) is 2.16. The van der Waals surface area contributed by atoms with Crippen LogP contribution < -0.4 is 10.6 Å². The second-order valence-electron chi connectivity index (χ2n) is 4.29. The number of thioether (sulfide) groups is 1. The molecule has 100 valence electrons. The molecule has 0 aliphatic rings. The van der Waals surface area contributed by atoms with E-state index in [1.54, 1.807) is 6.07 Å². The van der Waals surface area contributed by atoms with Gasteiger partial charge in [0.25, 0.3) is 0 Å². The van der Waals surface area contributed by atoms with Crippen molar-refractivity contribution in [2.24, 2.45) is 0 Å². The van der Waals surface area contributed by atoms with Crippen molar-refractivity contribution >= 4 is 17.7 Å². The summed E-state index contributed by atoms with van der Waals surface area (Å²) in [7, 11) is 1.81. The zero-order valence-electron chi connectivity index (χ0n) is 10.9. The third-order valence-electron chi connectivity index (χ3n) is 2.20. The van der Waals surface area contributed by atoms with Crippen LogP contribution in [-0.4, -0.2) is 24.7 Å². The Morgan fingerprint density at radius 3 is 2.78 bits per heavy atom. The third kappa shape index (κ3) is 5.06. The Labute approximate surface area is 112 Å². The molecule has 18 heavy (non-hydrogen) atoms. The molecule has 3 nitrogen and oxygen atoms in total. The number of carbonyl (C=O) groups is 1. The normalized spacial score (nSPS) is 10.7. The molecule has 0 atom stereocenters. The average Bonchev–Trinajstić information content (AvgIpc) is 2.27. The number of halogens is 1. The van der Waals surface area contributed by atoms with Gasteiger partial charge in [0, 0.05) is 17.5 Å². The van der Waals surface area contributed by atoms with E-state index in [0.717, 1.165) is 10.5 Å². The van der Waals surface area contributed by atoms with Gasteiger partial charge in [-0.1, -0.05) is 0 Å². The molecule has 1 aromatic rings. The number of carbonyl (C=O) groups excluding carboxylic acids is 1. The maximum absolute atomic E-state index is 13.1. The molecule has 2 N–H and O–H groups in total. The van der Waals surface area contributed by atoms with E-state index in [1.807, 2.05) is 20.9 Å². The van der Waals surface area contributed by atoms with Crippen molar-refractivity contribution < 1.29 is 9.18 Å². The number of amides is 1. The van der Waals surface area contributed by atoms with E-state index >= 15 is 0 Å². The Hall–Kier alpha value is -1.07. The fourth-order valence-corrected chi connectivity index (χ4v) is 2.38. The zero-order valence-corrected chi connectivity index (χ0v) is 11.7. The molecule has 0 unspecified atom stereocenters. The molecule has 0 aliphatic carbocycles. The summed E-state index contributed by atoms with van der Waals surface area (Å²) in [6.07, 6.45) is 0. The molecule has 1 aromatic carbocycles. The molecular weight excluding hydrogens is 251 g/mol. The molecule has 1 rings (SSSR count). The van der Waals surface area contributed by atoms with E-state index in [9.17, 15) is 9.18 Å². The van der Waals surface area contributed by atoms with Crippen LogP contribution >= 0.6 is 11.8 Å². The summed E-state index contributed by atoms with van der Waals surface area (Å²) in [4.78, 5) is 12.5. The standard InChI is InChI=1S/C13H19FN2OS/c1-9(2)16-13(17)8-18-12-5-4-11(14)6-10(12)7-15-3/h4-6,9,15H,7-8H2,1-3H3,(H,16,17). The number of benzene rings is 1. The van der Waals surface area contributed by atoms with Crippen LogP contribution in [0.5, 0.6) is 0 Å². The molecule has 0 aromatic heterocycles. The van der Waals surface area contributed by atoms with Gasteiger partial charge in [0.2, 0.25) is 5.91 Å². The Balaban J connectivity index is 2.63. The van der Waals surface area contributed by atoms with Gasteiger partial charge < -0.3 is 10.6 Å². The highest BCUT2D eigenvalue weighted by molar-refractivity contribution is 8.00. The lowest BCUT2D eigenvalue weighted by molar-refractivity contribution is -0.119. The molecular formula is C13H19FN2OS. The minimum absolute atomic E-state index is 0.00488. The van der Waals surface area contributed by atoms with E-state index in [-0.39, 0.29) is 17.8 Å². The SMILES string of the molecule is CNCc1cc(F)ccc1SCC(=O)NC(C)C. The van der Waals surface area contributed by atoms with Gasteiger partial charge in [-0.25, -0.2) is 4.39 Å². The Morgan fingerprint density at radius 2 is 2.17 bits per heavy atom. The van der Waals surface area contributed by atoms with E-state index in [4.69, 9.17) is 0 Å². The van der Waals surface area contributed by atoms with Crippen molar-refractivity contribution in [1.82, 2.24) is 10.6 Å². The van der Waals surface area contributed by atoms with Gasteiger partial charge in [0.1, 0.15) is 5.82 Å². The van der Waals surface area contributed by atoms with Crippen LogP contribution in [0.4, 0.5) is 4.39 Å². The predicted molar refractivity (Wildman–Crippen MR) is 73.2 cm³/mol. The lowest BCUT2D eigenvalue weighted by atomic mass is 10.2. The fraction of sp³-hybridized carbons (Fsp3) is 0.462. The number of rotatable bonds is 6. The van der Waals surface area contributed by atoms with Gasteiger partial charge in [0.15, 0.2) is 0 Å². The summed E-state index contributed by atoms with van der Waals surface area (Å²) >= 11 is 1.43. The van der Waals surface area contributed by atoms with Crippen LogP contribution in [0.2, 0.25) is 0 Å². The minimum Gasteiger partial charge on any atom is -0.353 e. The molecule has 0 radical (unpaired) electrons. The van der Waals surface area contributed by atoms with Gasteiger partial charge in [0.05, 0.1) is 5.75 Å². The van der Waals surface area contributed by atoms with Crippen molar-refractivity contribution in [3.8, 4) is 0 Å². The molecule has 1 amide bonds. The summed E-state index contributed by atoms with van der Waals surface area (Å²) in [5, 5.41) is 5.82. The molecule has 0 aliphatic heterocycles. The van der Waals surface area contributed by atoms with Crippen molar-refractivity contribution in [3.05, 3.63) is 29.6 Å². The molecule has 0 saturated carbocycles. The average molecular weight is 270 g/mol. The smallest absolute Gasteiger partial charge is 0.230 e. The van der Waals surface area contributed by atoms with Crippen LogP contribution in [0.15, 0.2) is 23.1 Å². The van der Waals surface area contributed by atoms with Crippen LogP contribution in [-0.2, 0) is 11.3 Å². The van der Waals surface area contributed by atoms with E-state index in [0.29, 0.717) is 12.3 Å². The summed E-state index contributed by atoms with van der Waals surface area (Å²) < 4.78 is 13.1. The van der Waals surface area contributed by atoms with Gasteiger partial charge in [-0.15, -0.1) is 11.8 Å². The maximum Gasteiger partial charge on any atom is 0.230 e. The van der Waals surface area contributed by atoms with Crippen LogP contribution in [0.1, 0.15) is 19.4 Å². The van der Waals surface area contributed by atoms with Crippen molar-refractivity contribution in [1.29, 1.82) is 0 Å². The lowest BCUT2D eigenvalue weighted by Crippen LogP contribution is -2.31. The first-order valence-corrected chi connectivity index (χ1v) is 6.86. The van der Waals surface area contributed by atoms with Gasteiger partial charge in [-0.05, 0) is 44.7 Å². The van der Waals surface area contributed by atoms with Crippen molar-refractivity contribution in [2.45, 2.75) is 31.3 Å². The van der Waals surface area contributed by atoms with E-state index in [1.165, 1.54) is 23.9 Å². The topological polar surface area (TPSA) is 41.1 Å². The molecule has 0 saturated heterocycles. The zero-order chi connectivity index (χ0) is 13.5. The lowest BCUT2D eigenvalue weighted by Gasteiger charge is -2.10. The summed E-state index contributed by atoms with van der Waals surface area (Å²) in [5.41, 5.74) is 0.875. The molecule has 0 heterocycles. The highest BCUT2D eigenvalue weighted by Crippen LogP contribution is 2.23. The van der Waals surface area contributed by atoms with Crippen LogP contribution in [0, 0.1) is 5.82 Å². The van der Waals surface area contributed by atoms with E-state index < -0.39 is 0 Å². The van der Waals surface area contributed by atoms with Crippen molar-refractivity contribution in [3.63, 3.8) is 0 Å². The Morgan fingerprint density at radius 1 is 1.44 bits per heavy atom. The van der Waals surface area contributed by atoms with Gasteiger partial charge in [-0.3, -0.25) is 4.79 Å². The molecule has 5 heteroatoms. The van der Waals surface area contributed by atoms with Gasteiger partial charge in [-0.2, -0.15) is 0 Å². The monoisotopic (exact) mass is 270 g/mol. The first-order valence-electron chi connectivity index (χ1n) is 5.88. The summed E-state index contributed by atoms with van der Waals surface area (Å²) in [5.74, 6) is 0.0894. The van der Waals surface area contributed by atoms with E-state index in [2.05, 4.69) is 10.6 Å². The Kier molecular flexibility index (Phi) is 6.15. The summed E-state index contributed by atoms with van der Waals surface area (Å²) in [6.45, 7) is 4.44. The van der Waals surface area contributed by atoms with Gasteiger partial charge >= 0.3 is 0 Å². The first kappa shape index (κ1) is 15.0. The minimum atomic E-state index is -0.253. The van der Waals surface area contributed by atoms with Crippen LogP contribution in [0.3, 0.4) is 0 Å².